The zero-order valence-corrected chi connectivity index (χ0v) is 18.0. The number of hydrogen-bond donors (Lipinski definition) is 2. The predicted octanol–water partition coefficient (Wildman–Crippen LogP) is 6.64. The topological polar surface area (TPSA) is 53.6 Å². The number of carbonyl (C=O) groups excluding carboxylic acids is 1. The molecule has 3 rings (SSSR count). The molecule has 5 nitrogen and oxygen atoms in total. The summed E-state index contributed by atoms with van der Waals surface area (Å²) in [6.07, 6.45) is -7.90. The van der Waals surface area contributed by atoms with E-state index in [1.54, 1.807) is 4.90 Å². The molecular formula is C21H20ClF6N3O2. The predicted molar refractivity (Wildman–Crippen MR) is 113 cm³/mol. The lowest BCUT2D eigenvalue weighted by Gasteiger charge is -2.27. The van der Waals surface area contributed by atoms with Crippen molar-refractivity contribution < 1.29 is 35.9 Å². The Bertz CT molecular complexity index is 1010. The average Bonchev–Trinajstić information content (AvgIpc) is 3.16. The fourth-order valence-electron chi connectivity index (χ4n) is 3.67. The van der Waals surface area contributed by atoms with Crippen molar-refractivity contribution in [3.8, 4) is 0 Å². The van der Waals surface area contributed by atoms with E-state index >= 15 is 0 Å². The van der Waals surface area contributed by atoms with Gasteiger partial charge in [-0.25, -0.2) is 4.79 Å². The van der Waals surface area contributed by atoms with E-state index in [0.29, 0.717) is 19.2 Å². The average molecular weight is 496 g/mol. The van der Waals surface area contributed by atoms with Crippen molar-refractivity contribution in [2.75, 3.05) is 35.8 Å². The van der Waals surface area contributed by atoms with Gasteiger partial charge in [0.2, 0.25) is 0 Å². The molecule has 1 atom stereocenters. The van der Waals surface area contributed by atoms with Gasteiger partial charge in [0.15, 0.2) is 0 Å². The second kappa shape index (κ2) is 9.68. The maximum Gasteiger partial charge on any atom is 0.417 e. The number of halogens is 7. The van der Waals surface area contributed by atoms with E-state index < -0.39 is 34.5 Å². The molecule has 1 aliphatic rings. The molecule has 2 aromatic carbocycles. The minimum atomic E-state index is -4.74. The second-order valence-corrected chi connectivity index (χ2v) is 7.89. The number of carbonyl (C=O) groups is 1. The van der Waals surface area contributed by atoms with Gasteiger partial charge in [-0.05, 0) is 49.2 Å². The van der Waals surface area contributed by atoms with Gasteiger partial charge in [-0.3, -0.25) is 0 Å². The normalized spacial score (nSPS) is 16.7. The van der Waals surface area contributed by atoms with Crippen LogP contribution in [-0.2, 0) is 17.1 Å². The molecule has 33 heavy (non-hydrogen) atoms. The van der Waals surface area contributed by atoms with Crippen LogP contribution in [0.25, 0.3) is 0 Å². The summed E-state index contributed by atoms with van der Waals surface area (Å²) in [4.78, 5) is 14.1. The Morgan fingerprint density at radius 3 is 2.39 bits per heavy atom. The van der Waals surface area contributed by atoms with E-state index in [4.69, 9.17) is 16.3 Å². The van der Waals surface area contributed by atoms with Crippen LogP contribution in [0.15, 0.2) is 36.4 Å². The van der Waals surface area contributed by atoms with Crippen LogP contribution in [0.1, 0.15) is 24.0 Å². The maximum absolute atomic E-state index is 13.5. The molecule has 180 valence electrons. The molecule has 1 heterocycles. The van der Waals surface area contributed by atoms with Crippen LogP contribution >= 0.6 is 11.6 Å². The SMILES string of the molecule is COCC1CCCN1c1cc(NC(=O)Nc2ccc(Cl)c(C(F)(F)F)c2)cc(C(F)(F)F)c1. The molecule has 0 saturated carbocycles. The van der Waals surface area contributed by atoms with Crippen LogP contribution in [-0.4, -0.2) is 32.3 Å². The Balaban J connectivity index is 1.85. The molecule has 1 fully saturated rings. The van der Waals surface area contributed by atoms with Crippen LogP contribution in [0.2, 0.25) is 5.02 Å². The highest BCUT2D eigenvalue weighted by Crippen LogP contribution is 2.38. The first kappa shape index (κ1) is 25.0. The Morgan fingerprint density at radius 2 is 1.76 bits per heavy atom. The van der Waals surface area contributed by atoms with Gasteiger partial charge >= 0.3 is 18.4 Å². The number of hydrogen-bond acceptors (Lipinski definition) is 3. The Hall–Kier alpha value is -2.66. The van der Waals surface area contributed by atoms with E-state index in [1.165, 1.54) is 13.2 Å². The Kier molecular flexibility index (Phi) is 7.32. The van der Waals surface area contributed by atoms with Crippen molar-refractivity contribution >= 4 is 34.7 Å². The van der Waals surface area contributed by atoms with E-state index in [2.05, 4.69) is 10.6 Å². The van der Waals surface area contributed by atoms with E-state index in [0.717, 1.165) is 37.1 Å². The summed E-state index contributed by atoms with van der Waals surface area (Å²) in [5, 5.41) is 3.90. The zero-order chi connectivity index (χ0) is 24.4. The molecular weight excluding hydrogens is 476 g/mol. The summed E-state index contributed by atoms with van der Waals surface area (Å²) in [6.45, 7) is 0.851. The lowest BCUT2D eigenvalue weighted by Crippen LogP contribution is -2.33. The number of anilines is 3. The summed E-state index contributed by atoms with van der Waals surface area (Å²) < 4.78 is 84.6. The highest BCUT2D eigenvalue weighted by atomic mass is 35.5. The quantitative estimate of drug-likeness (QED) is 0.457. The summed E-state index contributed by atoms with van der Waals surface area (Å²) in [6, 6.07) is 4.75. The molecule has 1 aliphatic heterocycles. The monoisotopic (exact) mass is 495 g/mol. The molecule has 1 saturated heterocycles. The summed E-state index contributed by atoms with van der Waals surface area (Å²) in [5.41, 5.74) is -2.25. The number of urea groups is 1. The molecule has 0 bridgehead atoms. The van der Waals surface area contributed by atoms with Crippen LogP contribution in [0, 0.1) is 0 Å². The smallest absolute Gasteiger partial charge is 0.383 e. The van der Waals surface area contributed by atoms with Gasteiger partial charge in [-0.2, -0.15) is 26.3 Å². The summed E-state index contributed by atoms with van der Waals surface area (Å²) in [7, 11) is 1.50. The largest absolute Gasteiger partial charge is 0.417 e. The van der Waals surface area contributed by atoms with Crippen LogP contribution in [0.3, 0.4) is 0 Å². The summed E-state index contributed by atoms with van der Waals surface area (Å²) >= 11 is 5.55. The second-order valence-electron chi connectivity index (χ2n) is 7.48. The van der Waals surface area contributed by atoms with Crippen LogP contribution in [0.5, 0.6) is 0 Å². The van der Waals surface area contributed by atoms with Gasteiger partial charge in [-0.1, -0.05) is 11.6 Å². The van der Waals surface area contributed by atoms with Crippen molar-refractivity contribution in [1.29, 1.82) is 0 Å². The third kappa shape index (κ3) is 6.23. The lowest BCUT2D eigenvalue weighted by atomic mass is 10.1. The van der Waals surface area contributed by atoms with Gasteiger partial charge < -0.3 is 20.3 Å². The first-order chi connectivity index (χ1) is 15.4. The van der Waals surface area contributed by atoms with E-state index in [9.17, 15) is 31.1 Å². The number of alkyl halides is 6. The van der Waals surface area contributed by atoms with Crippen molar-refractivity contribution in [3.05, 3.63) is 52.5 Å². The number of ether oxygens (including phenoxy) is 1. The fourth-order valence-corrected chi connectivity index (χ4v) is 3.89. The first-order valence-electron chi connectivity index (χ1n) is 9.81. The molecule has 0 aromatic heterocycles. The van der Waals surface area contributed by atoms with Gasteiger partial charge in [0.25, 0.3) is 0 Å². The number of amides is 2. The standard InChI is InChI=1S/C21H20ClF6N3O2/c1-33-11-15-3-2-6-31(15)16-8-12(20(23,24)25)7-14(9-16)30-19(32)29-13-4-5-18(22)17(10-13)21(26,27)28/h4-5,7-10,15H,2-3,6,11H2,1H3,(H2,29,30,32). The lowest BCUT2D eigenvalue weighted by molar-refractivity contribution is -0.138. The third-order valence-electron chi connectivity index (χ3n) is 5.10. The molecule has 1 unspecified atom stereocenters. The van der Waals surface area contributed by atoms with E-state index in [-0.39, 0.29) is 23.1 Å². The Labute approximate surface area is 190 Å². The first-order valence-corrected chi connectivity index (χ1v) is 10.2. The number of methoxy groups -OCH3 is 1. The molecule has 2 N–H and O–H groups in total. The highest BCUT2D eigenvalue weighted by molar-refractivity contribution is 6.31. The molecule has 0 aliphatic carbocycles. The van der Waals surface area contributed by atoms with Crippen molar-refractivity contribution in [1.82, 2.24) is 0 Å². The molecule has 12 heteroatoms. The molecule has 2 aromatic rings. The van der Waals surface area contributed by atoms with Gasteiger partial charge in [0.05, 0.1) is 28.8 Å². The number of benzene rings is 2. The minimum Gasteiger partial charge on any atom is -0.383 e. The van der Waals surface area contributed by atoms with Gasteiger partial charge in [-0.15, -0.1) is 0 Å². The van der Waals surface area contributed by atoms with Gasteiger partial charge in [0, 0.05) is 30.7 Å². The van der Waals surface area contributed by atoms with Crippen molar-refractivity contribution in [2.24, 2.45) is 0 Å². The maximum atomic E-state index is 13.5. The molecule has 0 radical (unpaired) electrons. The van der Waals surface area contributed by atoms with Gasteiger partial charge in [0.1, 0.15) is 0 Å². The molecule has 2 amide bonds. The fraction of sp³-hybridized carbons (Fsp3) is 0.381. The number of rotatable bonds is 5. The zero-order valence-electron chi connectivity index (χ0n) is 17.3. The minimum absolute atomic E-state index is 0.116. The van der Waals surface area contributed by atoms with Crippen molar-refractivity contribution in [2.45, 2.75) is 31.2 Å². The Morgan fingerprint density at radius 1 is 1.06 bits per heavy atom. The summed E-state index contributed by atoms with van der Waals surface area (Å²) in [5.74, 6) is 0. The van der Waals surface area contributed by atoms with Crippen molar-refractivity contribution in [3.63, 3.8) is 0 Å². The number of nitrogens with zero attached hydrogens (tertiary/aromatic N) is 1. The number of nitrogens with one attached hydrogen (secondary N) is 2. The van der Waals surface area contributed by atoms with E-state index in [1.807, 2.05) is 0 Å². The van der Waals surface area contributed by atoms with Crippen LogP contribution < -0.4 is 15.5 Å². The molecule has 0 spiro atoms. The highest BCUT2D eigenvalue weighted by Gasteiger charge is 2.34. The van der Waals surface area contributed by atoms with Crippen LogP contribution in [0.4, 0.5) is 48.2 Å². The third-order valence-corrected chi connectivity index (χ3v) is 5.43.